The summed E-state index contributed by atoms with van der Waals surface area (Å²) in [5.74, 6) is 0.169. The highest BCUT2D eigenvalue weighted by atomic mass is 16.3. The van der Waals surface area contributed by atoms with Gasteiger partial charge >= 0.3 is 0 Å². The fraction of sp³-hybridized carbons (Fsp3) is 0.286. The summed E-state index contributed by atoms with van der Waals surface area (Å²) >= 11 is 0. The van der Waals surface area contributed by atoms with Gasteiger partial charge in [-0.2, -0.15) is 0 Å². The molecule has 1 heterocycles. The summed E-state index contributed by atoms with van der Waals surface area (Å²) in [7, 11) is 0. The van der Waals surface area contributed by atoms with Crippen molar-refractivity contribution in [2.45, 2.75) is 34.2 Å². The van der Waals surface area contributed by atoms with Crippen LogP contribution in [0, 0.1) is 20.8 Å². The summed E-state index contributed by atoms with van der Waals surface area (Å²) in [6.45, 7) is 9.63. The van der Waals surface area contributed by atoms with Gasteiger partial charge in [-0.3, -0.25) is 4.79 Å². The lowest BCUT2D eigenvalue weighted by Gasteiger charge is -2.10. The highest BCUT2D eigenvalue weighted by Gasteiger charge is 2.20. The van der Waals surface area contributed by atoms with E-state index in [-0.39, 0.29) is 5.91 Å². The van der Waals surface area contributed by atoms with E-state index in [1.807, 2.05) is 51.1 Å². The Labute approximate surface area is 148 Å². The number of anilines is 1. The van der Waals surface area contributed by atoms with Gasteiger partial charge in [-0.25, -0.2) is 0 Å². The van der Waals surface area contributed by atoms with E-state index in [0.29, 0.717) is 12.3 Å². The molecule has 0 saturated heterocycles. The molecular formula is C21H24N2O2. The number of carbonyl (C=O) groups excluding carboxylic acids is 1. The molecule has 4 nitrogen and oxygen atoms in total. The first-order valence-corrected chi connectivity index (χ1v) is 8.62. The van der Waals surface area contributed by atoms with Crippen molar-refractivity contribution in [2.75, 3.05) is 11.9 Å². The topological polar surface area (TPSA) is 54.3 Å². The number of carbonyl (C=O) groups is 1. The number of rotatable bonds is 5. The number of nitrogens with one attached hydrogen (secondary N) is 2. The van der Waals surface area contributed by atoms with Crippen molar-refractivity contribution >= 4 is 22.6 Å². The number of aryl methyl sites for hydroxylation is 3. The summed E-state index contributed by atoms with van der Waals surface area (Å²) in [4.78, 5) is 12.8. The van der Waals surface area contributed by atoms with Gasteiger partial charge < -0.3 is 15.1 Å². The van der Waals surface area contributed by atoms with E-state index < -0.39 is 0 Å². The van der Waals surface area contributed by atoms with Crippen molar-refractivity contribution in [2.24, 2.45) is 0 Å². The third kappa shape index (κ3) is 3.30. The van der Waals surface area contributed by atoms with Crippen molar-refractivity contribution in [1.29, 1.82) is 0 Å². The first kappa shape index (κ1) is 17.2. The highest BCUT2D eigenvalue weighted by Crippen LogP contribution is 2.31. The summed E-state index contributed by atoms with van der Waals surface area (Å²) in [6.07, 6.45) is 0. The van der Waals surface area contributed by atoms with Crippen molar-refractivity contribution < 1.29 is 9.21 Å². The molecule has 2 aromatic carbocycles. The SMILES string of the molecule is CCNCc1ccccc1NC(=O)c1oc2c(C)ccc(C)c2c1C. The smallest absolute Gasteiger partial charge is 0.291 e. The zero-order valence-corrected chi connectivity index (χ0v) is 15.2. The molecule has 3 rings (SSSR count). The van der Waals surface area contributed by atoms with Gasteiger partial charge in [0.1, 0.15) is 5.58 Å². The molecule has 0 aliphatic rings. The van der Waals surface area contributed by atoms with E-state index in [1.165, 1.54) is 0 Å². The quantitative estimate of drug-likeness (QED) is 0.709. The van der Waals surface area contributed by atoms with Crippen LogP contribution in [0.2, 0.25) is 0 Å². The molecule has 25 heavy (non-hydrogen) atoms. The number of furan rings is 1. The Kier molecular flexibility index (Phi) is 4.91. The fourth-order valence-corrected chi connectivity index (χ4v) is 3.13. The van der Waals surface area contributed by atoms with Gasteiger partial charge in [0.25, 0.3) is 5.91 Å². The molecule has 0 bridgehead atoms. The molecule has 0 saturated carbocycles. The predicted molar refractivity (Wildman–Crippen MR) is 102 cm³/mol. The maximum atomic E-state index is 12.8. The number of hydrogen-bond acceptors (Lipinski definition) is 3. The van der Waals surface area contributed by atoms with Crippen LogP contribution in [0.15, 0.2) is 40.8 Å². The average Bonchev–Trinajstić information content (AvgIpc) is 2.96. The lowest BCUT2D eigenvalue weighted by atomic mass is 10.0. The van der Waals surface area contributed by atoms with Crippen LogP contribution in [-0.4, -0.2) is 12.5 Å². The highest BCUT2D eigenvalue weighted by molar-refractivity contribution is 6.07. The second-order valence-corrected chi connectivity index (χ2v) is 6.35. The van der Waals surface area contributed by atoms with E-state index in [1.54, 1.807) is 0 Å². The summed E-state index contributed by atoms with van der Waals surface area (Å²) < 4.78 is 5.94. The van der Waals surface area contributed by atoms with E-state index >= 15 is 0 Å². The van der Waals surface area contributed by atoms with Gasteiger partial charge in [-0.15, -0.1) is 0 Å². The van der Waals surface area contributed by atoms with Crippen LogP contribution >= 0.6 is 0 Å². The molecule has 0 aliphatic carbocycles. The van der Waals surface area contributed by atoms with Crippen molar-refractivity contribution in [3.8, 4) is 0 Å². The third-order valence-corrected chi connectivity index (χ3v) is 4.52. The zero-order chi connectivity index (χ0) is 18.0. The van der Waals surface area contributed by atoms with Crippen molar-refractivity contribution in [3.63, 3.8) is 0 Å². The monoisotopic (exact) mass is 336 g/mol. The Balaban J connectivity index is 1.95. The fourth-order valence-electron chi connectivity index (χ4n) is 3.13. The molecule has 0 radical (unpaired) electrons. The predicted octanol–water partition coefficient (Wildman–Crippen LogP) is 4.72. The molecule has 0 atom stereocenters. The van der Waals surface area contributed by atoms with E-state index in [0.717, 1.165) is 45.5 Å². The minimum Gasteiger partial charge on any atom is -0.450 e. The third-order valence-electron chi connectivity index (χ3n) is 4.52. The van der Waals surface area contributed by atoms with Crippen LogP contribution in [0.25, 0.3) is 11.0 Å². The van der Waals surface area contributed by atoms with Crippen LogP contribution in [0.3, 0.4) is 0 Å². The lowest BCUT2D eigenvalue weighted by Crippen LogP contribution is -2.17. The summed E-state index contributed by atoms with van der Waals surface area (Å²) in [5, 5.41) is 7.33. The van der Waals surface area contributed by atoms with Gasteiger partial charge in [0.05, 0.1) is 0 Å². The van der Waals surface area contributed by atoms with Crippen LogP contribution in [0.1, 0.15) is 39.7 Å². The van der Waals surface area contributed by atoms with Crippen LogP contribution in [0.4, 0.5) is 5.69 Å². The normalized spacial score (nSPS) is 11.0. The largest absolute Gasteiger partial charge is 0.450 e. The number of para-hydroxylation sites is 1. The molecule has 3 aromatic rings. The van der Waals surface area contributed by atoms with Crippen LogP contribution in [0.5, 0.6) is 0 Å². The van der Waals surface area contributed by atoms with Gasteiger partial charge in [0.2, 0.25) is 0 Å². The number of benzene rings is 2. The first-order valence-electron chi connectivity index (χ1n) is 8.62. The molecule has 1 amide bonds. The number of amides is 1. The minimum atomic E-state index is -0.212. The minimum absolute atomic E-state index is 0.212. The number of fused-ring (bicyclic) bond motifs is 1. The van der Waals surface area contributed by atoms with E-state index in [9.17, 15) is 4.79 Å². The molecule has 0 spiro atoms. The Morgan fingerprint density at radius 2 is 1.76 bits per heavy atom. The first-order chi connectivity index (χ1) is 12.0. The molecular weight excluding hydrogens is 312 g/mol. The Bertz CT molecular complexity index is 925. The Morgan fingerprint density at radius 1 is 1.04 bits per heavy atom. The van der Waals surface area contributed by atoms with E-state index in [4.69, 9.17) is 4.42 Å². The van der Waals surface area contributed by atoms with Gasteiger partial charge in [0, 0.05) is 23.2 Å². The molecule has 0 aliphatic heterocycles. The molecule has 2 N–H and O–H groups in total. The maximum absolute atomic E-state index is 12.8. The van der Waals surface area contributed by atoms with Crippen LogP contribution in [-0.2, 0) is 6.54 Å². The van der Waals surface area contributed by atoms with E-state index in [2.05, 4.69) is 23.6 Å². The molecule has 0 fully saturated rings. The Hall–Kier alpha value is -2.59. The van der Waals surface area contributed by atoms with Crippen molar-refractivity contribution in [1.82, 2.24) is 5.32 Å². The molecule has 0 unspecified atom stereocenters. The molecule has 4 heteroatoms. The second kappa shape index (κ2) is 7.11. The maximum Gasteiger partial charge on any atom is 0.291 e. The van der Waals surface area contributed by atoms with Gasteiger partial charge in [0.15, 0.2) is 5.76 Å². The zero-order valence-electron chi connectivity index (χ0n) is 15.2. The van der Waals surface area contributed by atoms with Gasteiger partial charge in [-0.1, -0.05) is 37.3 Å². The van der Waals surface area contributed by atoms with Crippen LogP contribution < -0.4 is 10.6 Å². The number of hydrogen-bond donors (Lipinski definition) is 2. The molecule has 1 aromatic heterocycles. The van der Waals surface area contributed by atoms with Crippen molar-refractivity contribution in [3.05, 3.63) is 64.4 Å². The standard InChI is InChI=1S/C21H24N2O2/c1-5-22-12-16-8-6-7-9-17(16)23-21(24)20-15(4)18-13(2)10-11-14(3)19(18)25-20/h6-11,22H,5,12H2,1-4H3,(H,23,24). The summed E-state index contributed by atoms with van der Waals surface area (Å²) in [5.41, 5.74) is 5.70. The van der Waals surface area contributed by atoms with Gasteiger partial charge in [-0.05, 0) is 50.1 Å². The summed E-state index contributed by atoms with van der Waals surface area (Å²) in [6, 6.07) is 11.9. The Morgan fingerprint density at radius 3 is 2.48 bits per heavy atom. The molecule has 130 valence electrons. The lowest BCUT2D eigenvalue weighted by molar-refractivity contribution is 0.0998. The second-order valence-electron chi connectivity index (χ2n) is 6.35. The average molecular weight is 336 g/mol.